The number of benzene rings is 3. The normalized spacial score (nSPS) is 11.0. The molecule has 0 bridgehead atoms. The first kappa shape index (κ1) is 19.7. The molecule has 4 aromatic rings. The van der Waals surface area contributed by atoms with E-state index in [9.17, 15) is 9.59 Å². The van der Waals surface area contributed by atoms with E-state index in [1.807, 2.05) is 44.2 Å². The predicted molar refractivity (Wildman–Crippen MR) is 116 cm³/mol. The van der Waals surface area contributed by atoms with Crippen LogP contribution in [0, 0.1) is 13.8 Å². The Morgan fingerprint density at radius 2 is 1.73 bits per heavy atom. The van der Waals surface area contributed by atoms with Crippen LogP contribution in [0.4, 0.5) is 0 Å². The molecule has 30 heavy (non-hydrogen) atoms. The summed E-state index contributed by atoms with van der Waals surface area (Å²) in [6.45, 7) is 4.08. The van der Waals surface area contributed by atoms with Crippen molar-refractivity contribution in [1.82, 2.24) is 0 Å². The van der Waals surface area contributed by atoms with Crippen molar-refractivity contribution in [2.45, 2.75) is 26.9 Å². The number of ether oxygens (including phenoxy) is 2. The van der Waals surface area contributed by atoms with E-state index >= 15 is 0 Å². The third-order valence-corrected chi connectivity index (χ3v) is 5.41. The van der Waals surface area contributed by atoms with Crippen molar-refractivity contribution in [2.75, 3.05) is 7.11 Å². The first-order chi connectivity index (χ1) is 14.5. The Balaban J connectivity index is 1.65. The van der Waals surface area contributed by atoms with Crippen LogP contribution in [0.2, 0.25) is 0 Å². The average molecular weight is 402 g/mol. The van der Waals surface area contributed by atoms with Gasteiger partial charge < -0.3 is 13.9 Å². The Bertz CT molecular complexity index is 1320. The van der Waals surface area contributed by atoms with Gasteiger partial charge in [0.25, 0.3) is 0 Å². The molecule has 3 aromatic carbocycles. The molecule has 0 spiro atoms. The highest BCUT2D eigenvalue weighted by molar-refractivity contribution is 5.87. The van der Waals surface area contributed by atoms with E-state index in [-0.39, 0.29) is 6.42 Å². The third-order valence-electron chi connectivity index (χ3n) is 5.41. The number of carbonyl (C=O) groups excluding carboxylic acids is 1. The molecule has 0 fully saturated rings. The van der Waals surface area contributed by atoms with E-state index in [0.717, 1.165) is 27.5 Å². The zero-order valence-electron chi connectivity index (χ0n) is 17.2. The maximum absolute atomic E-state index is 12.5. The lowest BCUT2D eigenvalue weighted by Gasteiger charge is -2.13. The van der Waals surface area contributed by atoms with Crippen molar-refractivity contribution in [3.8, 4) is 5.75 Å². The molecule has 0 aliphatic carbocycles. The minimum absolute atomic E-state index is 0.111. The molecule has 0 aliphatic heterocycles. The lowest BCUT2D eigenvalue weighted by molar-refractivity contribution is -0.139. The van der Waals surface area contributed by atoms with Gasteiger partial charge in [-0.05, 0) is 53.9 Å². The van der Waals surface area contributed by atoms with Gasteiger partial charge in [0.2, 0.25) is 0 Å². The summed E-state index contributed by atoms with van der Waals surface area (Å²) in [5, 5.41) is 3.13. The summed E-state index contributed by atoms with van der Waals surface area (Å²) in [4.78, 5) is 24.1. The zero-order chi connectivity index (χ0) is 21.3. The van der Waals surface area contributed by atoms with Crippen LogP contribution in [0.15, 0.2) is 63.8 Å². The van der Waals surface area contributed by atoms with Crippen LogP contribution in [0.5, 0.6) is 5.75 Å². The quantitative estimate of drug-likeness (QED) is 0.352. The van der Waals surface area contributed by atoms with Gasteiger partial charge in [-0.25, -0.2) is 4.79 Å². The van der Waals surface area contributed by atoms with Gasteiger partial charge >= 0.3 is 11.6 Å². The summed E-state index contributed by atoms with van der Waals surface area (Å²) in [6.07, 6.45) is -0.111. The first-order valence-electron chi connectivity index (χ1n) is 9.71. The molecule has 0 saturated heterocycles. The summed E-state index contributed by atoms with van der Waals surface area (Å²) >= 11 is 0. The van der Waals surface area contributed by atoms with E-state index < -0.39 is 11.6 Å². The van der Waals surface area contributed by atoms with Gasteiger partial charge in [0.05, 0.1) is 19.1 Å². The lowest BCUT2D eigenvalue weighted by atomic mass is 10.0. The number of hydrogen-bond donors (Lipinski definition) is 0. The third kappa shape index (κ3) is 3.66. The molecule has 0 amide bonds. The van der Waals surface area contributed by atoms with E-state index in [1.165, 1.54) is 12.5 Å². The lowest BCUT2D eigenvalue weighted by Crippen LogP contribution is -2.16. The second-order valence-corrected chi connectivity index (χ2v) is 7.28. The monoisotopic (exact) mass is 402 g/mol. The van der Waals surface area contributed by atoms with Crippen LogP contribution in [0.25, 0.3) is 21.7 Å². The molecule has 5 nitrogen and oxygen atoms in total. The van der Waals surface area contributed by atoms with Crippen molar-refractivity contribution in [2.24, 2.45) is 0 Å². The molecule has 1 aromatic heterocycles. The number of hydrogen-bond acceptors (Lipinski definition) is 5. The number of aryl methyl sites for hydroxylation is 2. The minimum Gasteiger partial charge on any atom is -0.488 e. The number of carbonyl (C=O) groups is 1. The van der Waals surface area contributed by atoms with Crippen LogP contribution in [0.1, 0.15) is 22.3 Å². The highest BCUT2D eigenvalue weighted by Gasteiger charge is 2.17. The second-order valence-electron chi connectivity index (χ2n) is 7.28. The summed E-state index contributed by atoms with van der Waals surface area (Å²) in [5.41, 5.74) is 2.79. The van der Waals surface area contributed by atoms with Gasteiger partial charge in [-0.3, -0.25) is 4.79 Å². The molecule has 0 radical (unpaired) electrons. The molecule has 0 N–H and O–H groups in total. The Morgan fingerprint density at radius 3 is 2.50 bits per heavy atom. The SMILES string of the molecule is COC(=O)Cc1c(C)c2ccc(OCc3ccc4ccccc4c3)c(C)c2oc1=O. The second kappa shape index (κ2) is 8.03. The highest BCUT2D eigenvalue weighted by atomic mass is 16.5. The van der Waals surface area contributed by atoms with Crippen molar-refractivity contribution >= 4 is 27.7 Å². The summed E-state index contributed by atoms with van der Waals surface area (Å²) in [7, 11) is 1.30. The maximum atomic E-state index is 12.5. The molecular formula is C25H22O5. The maximum Gasteiger partial charge on any atom is 0.340 e. The van der Waals surface area contributed by atoms with Gasteiger partial charge in [-0.2, -0.15) is 0 Å². The Labute approximate surface area is 173 Å². The molecule has 4 rings (SSSR count). The van der Waals surface area contributed by atoms with E-state index in [0.29, 0.717) is 23.5 Å². The van der Waals surface area contributed by atoms with Crippen molar-refractivity contribution in [3.05, 3.63) is 87.3 Å². The molecule has 0 unspecified atom stereocenters. The molecule has 0 aliphatic rings. The summed E-state index contributed by atoms with van der Waals surface area (Å²) in [6, 6.07) is 18.1. The topological polar surface area (TPSA) is 65.7 Å². The standard InChI is InChI=1S/C25H22O5/c1-15-20-10-11-22(16(2)24(20)30-25(27)21(15)13-23(26)28-3)29-14-17-8-9-18-6-4-5-7-19(18)12-17/h4-12H,13-14H2,1-3H3. The Hall–Kier alpha value is -3.60. The van der Waals surface area contributed by atoms with Gasteiger partial charge in [0, 0.05) is 10.9 Å². The summed E-state index contributed by atoms with van der Waals surface area (Å²) < 4.78 is 16.3. The van der Waals surface area contributed by atoms with Gasteiger partial charge in [0.15, 0.2) is 0 Å². The smallest absolute Gasteiger partial charge is 0.340 e. The Kier molecular flexibility index (Phi) is 5.27. The fourth-order valence-corrected chi connectivity index (χ4v) is 3.64. The van der Waals surface area contributed by atoms with Crippen molar-refractivity contribution < 1.29 is 18.7 Å². The van der Waals surface area contributed by atoms with Crippen LogP contribution in [0.3, 0.4) is 0 Å². The summed E-state index contributed by atoms with van der Waals surface area (Å²) in [5.74, 6) is 0.177. The number of esters is 1. The largest absolute Gasteiger partial charge is 0.488 e. The minimum atomic E-state index is -0.528. The predicted octanol–water partition coefficient (Wildman–Crippen LogP) is 4.86. The molecule has 0 atom stereocenters. The van der Waals surface area contributed by atoms with E-state index in [1.54, 1.807) is 0 Å². The van der Waals surface area contributed by atoms with Crippen molar-refractivity contribution in [1.29, 1.82) is 0 Å². The Morgan fingerprint density at radius 1 is 0.967 bits per heavy atom. The highest BCUT2D eigenvalue weighted by Crippen LogP contribution is 2.30. The molecular weight excluding hydrogens is 380 g/mol. The van der Waals surface area contributed by atoms with Gasteiger partial charge in [-0.15, -0.1) is 0 Å². The fraction of sp³-hybridized carbons (Fsp3) is 0.200. The number of fused-ring (bicyclic) bond motifs is 2. The van der Waals surface area contributed by atoms with Gasteiger partial charge in [0.1, 0.15) is 17.9 Å². The van der Waals surface area contributed by atoms with Crippen LogP contribution in [-0.2, 0) is 22.6 Å². The van der Waals surface area contributed by atoms with Crippen LogP contribution >= 0.6 is 0 Å². The van der Waals surface area contributed by atoms with E-state index in [2.05, 4.69) is 29.0 Å². The average Bonchev–Trinajstić information content (AvgIpc) is 2.76. The van der Waals surface area contributed by atoms with Crippen LogP contribution in [-0.4, -0.2) is 13.1 Å². The molecule has 5 heteroatoms. The fourth-order valence-electron chi connectivity index (χ4n) is 3.64. The van der Waals surface area contributed by atoms with E-state index in [4.69, 9.17) is 9.15 Å². The molecule has 152 valence electrons. The number of methoxy groups -OCH3 is 1. The van der Waals surface area contributed by atoms with Gasteiger partial charge in [-0.1, -0.05) is 36.4 Å². The molecule has 1 heterocycles. The van der Waals surface area contributed by atoms with Crippen molar-refractivity contribution in [3.63, 3.8) is 0 Å². The number of rotatable bonds is 5. The first-order valence-corrected chi connectivity index (χ1v) is 9.71. The molecule has 0 saturated carbocycles. The zero-order valence-corrected chi connectivity index (χ0v) is 17.2. The van der Waals surface area contributed by atoms with Crippen LogP contribution < -0.4 is 10.4 Å².